The fraction of sp³-hybridized carbons (Fsp3) is 1.00. The Balaban J connectivity index is 0.000000810. The summed E-state index contributed by atoms with van der Waals surface area (Å²) in [5.41, 5.74) is 0. The number of hydrogen-bond donors (Lipinski definition) is 2. The number of rotatable bonds is 1. The van der Waals surface area contributed by atoms with Gasteiger partial charge in [0.2, 0.25) is 0 Å². The molecule has 10 heavy (non-hydrogen) atoms. The molecule has 2 atom stereocenters. The summed E-state index contributed by atoms with van der Waals surface area (Å²) in [6.07, 6.45) is -0.319. The Labute approximate surface area is 67.1 Å². The Morgan fingerprint density at radius 2 is 2.10 bits per heavy atom. The van der Waals surface area contributed by atoms with Crippen LogP contribution in [0.3, 0.4) is 0 Å². The van der Waals surface area contributed by atoms with Crippen LogP contribution in [0, 0.1) is 5.92 Å². The van der Waals surface area contributed by atoms with Crippen molar-refractivity contribution >= 4 is 12.4 Å². The van der Waals surface area contributed by atoms with Crippen LogP contribution in [0.4, 0.5) is 0 Å². The molecule has 1 fully saturated rings. The monoisotopic (exact) mass is 167 g/mol. The van der Waals surface area contributed by atoms with Crippen LogP contribution in [0.25, 0.3) is 0 Å². The number of nitrogens with zero attached hydrogens (tertiary/aromatic N) is 1. The summed E-state index contributed by atoms with van der Waals surface area (Å²) < 4.78 is 0. The summed E-state index contributed by atoms with van der Waals surface area (Å²) in [5, 5.41) is 17.8. The average Bonchev–Trinajstić information content (AvgIpc) is 2.10. The van der Waals surface area contributed by atoms with E-state index in [1.54, 1.807) is 0 Å². The lowest BCUT2D eigenvalue weighted by Gasteiger charge is -2.07. The molecule has 1 heterocycles. The van der Waals surface area contributed by atoms with E-state index in [1.807, 2.05) is 11.9 Å². The molecule has 0 aromatic carbocycles. The van der Waals surface area contributed by atoms with E-state index in [1.165, 1.54) is 0 Å². The van der Waals surface area contributed by atoms with E-state index >= 15 is 0 Å². The Bertz CT molecular complexity index is 102. The lowest BCUT2D eigenvalue weighted by atomic mass is 10.1. The normalized spacial score (nSPS) is 33.9. The van der Waals surface area contributed by atoms with E-state index in [9.17, 15) is 0 Å². The summed E-state index contributed by atoms with van der Waals surface area (Å²) in [5.74, 6) is 0.0787. The predicted octanol–water partition coefficient (Wildman–Crippen LogP) is -0.677. The van der Waals surface area contributed by atoms with Gasteiger partial charge in [0.15, 0.2) is 0 Å². The minimum absolute atomic E-state index is 0. The zero-order valence-electron chi connectivity index (χ0n) is 6.03. The van der Waals surface area contributed by atoms with Gasteiger partial charge in [-0.05, 0) is 7.05 Å². The molecule has 2 N–H and O–H groups in total. The highest BCUT2D eigenvalue weighted by atomic mass is 35.5. The number of hydrogen-bond acceptors (Lipinski definition) is 3. The summed E-state index contributed by atoms with van der Waals surface area (Å²) in [6.45, 7) is 1.62. The molecule has 0 spiro atoms. The lowest BCUT2D eigenvalue weighted by molar-refractivity contribution is 0.103. The molecule has 0 bridgehead atoms. The maximum absolute atomic E-state index is 9.16. The molecule has 1 aliphatic heterocycles. The summed E-state index contributed by atoms with van der Waals surface area (Å²) in [7, 11) is 1.94. The number of likely N-dealkylation sites (N-methyl/N-ethyl adjacent to an activating group) is 1. The second kappa shape index (κ2) is 4.13. The largest absolute Gasteiger partial charge is 0.396 e. The smallest absolute Gasteiger partial charge is 0.0729 e. The first kappa shape index (κ1) is 10.2. The van der Waals surface area contributed by atoms with Gasteiger partial charge in [-0.25, -0.2) is 0 Å². The van der Waals surface area contributed by atoms with Crippen molar-refractivity contribution in [2.24, 2.45) is 5.92 Å². The second-order valence-corrected chi connectivity index (χ2v) is 2.73. The molecule has 0 aliphatic carbocycles. The van der Waals surface area contributed by atoms with Gasteiger partial charge in [0.05, 0.1) is 6.10 Å². The molecule has 0 aromatic heterocycles. The zero-order valence-corrected chi connectivity index (χ0v) is 6.84. The van der Waals surface area contributed by atoms with Crippen LogP contribution < -0.4 is 0 Å². The van der Waals surface area contributed by atoms with Gasteiger partial charge in [0, 0.05) is 25.6 Å². The maximum Gasteiger partial charge on any atom is 0.0729 e. The topological polar surface area (TPSA) is 43.7 Å². The Morgan fingerprint density at radius 1 is 1.50 bits per heavy atom. The van der Waals surface area contributed by atoms with Crippen LogP contribution in [0.1, 0.15) is 0 Å². The molecule has 0 amide bonds. The fourth-order valence-electron chi connectivity index (χ4n) is 1.24. The van der Waals surface area contributed by atoms with Gasteiger partial charge in [0.1, 0.15) is 0 Å². The minimum Gasteiger partial charge on any atom is -0.396 e. The third-order valence-electron chi connectivity index (χ3n) is 1.82. The van der Waals surface area contributed by atoms with Gasteiger partial charge in [-0.3, -0.25) is 0 Å². The second-order valence-electron chi connectivity index (χ2n) is 2.73. The number of β-amino-alcohol motifs (C(OH)–C–C–N with tert-alkyl or cyclic N) is 1. The third kappa shape index (κ3) is 2.09. The van der Waals surface area contributed by atoms with Crippen molar-refractivity contribution in [2.45, 2.75) is 6.10 Å². The van der Waals surface area contributed by atoms with E-state index in [0.29, 0.717) is 6.54 Å². The molecule has 3 nitrogen and oxygen atoms in total. The van der Waals surface area contributed by atoms with Crippen molar-refractivity contribution in [3.05, 3.63) is 0 Å². The van der Waals surface area contributed by atoms with Crippen molar-refractivity contribution in [3.8, 4) is 0 Å². The van der Waals surface area contributed by atoms with E-state index in [0.717, 1.165) is 6.54 Å². The van der Waals surface area contributed by atoms with E-state index in [4.69, 9.17) is 10.2 Å². The molecule has 62 valence electrons. The molecule has 0 aromatic rings. The predicted molar refractivity (Wildman–Crippen MR) is 41.3 cm³/mol. The first-order chi connectivity index (χ1) is 4.24. The summed E-state index contributed by atoms with van der Waals surface area (Å²) in [6, 6.07) is 0. The highest BCUT2D eigenvalue weighted by Gasteiger charge is 2.27. The maximum atomic E-state index is 9.16. The number of likely N-dealkylation sites (tertiary alicyclic amines) is 1. The van der Waals surface area contributed by atoms with Gasteiger partial charge in [0.25, 0.3) is 0 Å². The highest BCUT2D eigenvalue weighted by molar-refractivity contribution is 5.85. The van der Waals surface area contributed by atoms with Crippen LogP contribution in [0.5, 0.6) is 0 Å². The number of aliphatic hydroxyl groups excluding tert-OH is 2. The van der Waals surface area contributed by atoms with Crippen molar-refractivity contribution in [2.75, 3.05) is 26.7 Å². The molecule has 1 saturated heterocycles. The van der Waals surface area contributed by atoms with E-state index < -0.39 is 0 Å². The third-order valence-corrected chi connectivity index (χ3v) is 1.82. The molecular weight excluding hydrogens is 154 g/mol. The van der Waals surface area contributed by atoms with Gasteiger partial charge in [-0.15, -0.1) is 12.4 Å². The summed E-state index contributed by atoms with van der Waals surface area (Å²) in [4.78, 5) is 2.02. The van der Waals surface area contributed by atoms with E-state index in [-0.39, 0.29) is 31.0 Å². The van der Waals surface area contributed by atoms with E-state index in [2.05, 4.69) is 0 Å². The van der Waals surface area contributed by atoms with Crippen molar-refractivity contribution in [3.63, 3.8) is 0 Å². The molecule has 0 saturated carbocycles. The van der Waals surface area contributed by atoms with Crippen LogP contribution in [0.2, 0.25) is 0 Å². The molecule has 4 heteroatoms. The number of aliphatic hydroxyl groups is 2. The molecule has 1 rings (SSSR count). The van der Waals surface area contributed by atoms with Crippen LogP contribution in [-0.4, -0.2) is 48.0 Å². The molecule has 2 unspecified atom stereocenters. The van der Waals surface area contributed by atoms with Crippen molar-refractivity contribution in [1.29, 1.82) is 0 Å². The van der Waals surface area contributed by atoms with Gasteiger partial charge in [-0.1, -0.05) is 0 Å². The SMILES string of the molecule is CN1CC(O)C(CO)C1.Cl. The van der Waals surface area contributed by atoms with Crippen molar-refractivity contribution < 1.29 is 10.2 Å². The Kier molecular flexibility index (Phi) is 4.20. The first-order valence-electron chi connectivity index (χ1n) is 3.21. The average molecular weight is 168 g/mol. The first-order valence-corrected chi connectivity index (χ1v) is 3.21. The molecule has 0 radical (unpaired) electrons. The highest BCUT2D eigenvalue weighted by Crippen LogP contribution is 2.13. The van der Waals surface area contributed by atoms with Gasteiger partial charge < -0.3 is 15.1 Å². The molecule has 1 aliphatic rings. The van der Waals surface area contributed by atoms with Crippen LogP contribution in [-0.2, 0) is 0 Å². The van der Waals surface area contributed by atoms with Gasteiger partial charge in [-0.2, -0.15) is 0 Å². The fourth-order valence-corrected chi connectivity index (χ4v) is 1.24. The van der Waals surface area contributed by atoms with Crippen LogP contribution in [0.15, 0.2) is 0 Å². The minimum atomic E-state index is -0.319. The Morgan fingerprint density at radius 3 is 2.30 bits per heavy atom. The number of halogens is 1. The Hall–Kier alpha value is 0.170. The zero-order chi connectivity index (χ0) is 6.85. The van der Waals surface area contributed by atoms with Gasteiger partial charge >= 0.3 is 0 Å². The van der Waals surface area contributed by atoms with Crippen LogP contribution >= 0.6 is 12.4 Å². The lowest BCUT2D eigenvalue weighted by Crippen LogP contribution is -2.20. The summed E-state index contributed by atoms with van der Waals surface area (Å²) >= 11 is 0. The quantitative estimate of drug-likeness (QED) is 0.544. The van der Waals surface area contributed by atoms with Crippen molar-refractivity contribution in [1.82, 2.24) is 4.90 Å². The standard InChI is InChI=1S/C6H13NO2.ClH/c1-7-2-5(4-8)6(9)3-7;/h5-6,8-9H,2-4H2,1H3;1H. The molecular formula is C6H14ClNO2.